The van der Waals surface area contributed by atoms with Gasteiger partial charge in [0.15, 0.2) is 16.6 Å². The Kier molecular flexibility index (Phi) is 19.3. The highest BCUT2D eigenvalue weighted by atomic mass is 16.5. The number of fused-ring (bicyclic) bond motifs is 6. The summed E-state index contributed by atoms with van der Waals surface area (Å²) in [5.41, 5.74) is 12.9. The van der Waals surface area contributed by atoms with Crippen LogP contribution in [0.4, 0.5) is 14.4 Å². The van der Waals surface area contributed by atoms with Gasteiger partial charge in [-0.1, -0.05) is 97.1 Å². The average molecular weight is 1560 g/mol. The Hall–Kier alpha value is -14.0. The van der Waals surface area contributed by atoms with Crippen molar-refractivity contribution in [1.29, 1.82) is 0 Å². The van der Waals surface area contributed by atoms with Crippen molar-refractivity contribution < 1.29 is 57.4 Å². The molecule has 0 saturated carbocycles. The van der Waals surface area contributed by atoms with Gasteiger partial charge in [0.1, 0.15) is 17.2 Å². The molecule has 0 aliphatic carbocycles. The molecule has 0 unspecified atom stereocenters. The first-order chi connectivity index (χ1) is 55.6. The third-order valence-electron chi connectivity index (χ3n) is 22.6. The van der Waals surface area contributed by atoms with E-state index < -0.39 is 52.4 Å². The maximum Gasteiger partial charge on any atom is 0.322 e. The zero-order chi connectivity index (χ0) is 81.6. The van der Waals surface area contributed by atoms with Crippen molar-refractivity contribution >= 4 is 86.2 Å². The standard InChI is InChI=1S/2C30H29N5O4.C29H27N5O4/c1-17(2)35-26-18(3)11-21(12-22(26)14-31-35)19-5-8-23(9-6-19)30(28(37)32-29(38)33-30)16-34-15-20-7-10-24(39-4)13-25(20)27(34)36;1-17(2)35-15-22-12-21(11-18(3)26(22)33-35)19-5-8-23(9-6-19)30(28(37)31-29(38)32-30)16-34-14-20-7-10-24(39-4)13-25(20)27(34)36;1-17(2)34-15-21-12-19(7-11-25(21)32-34)18-4-8-22(9-5-18)29(27(36)30-28(37)31-29)16-33-14-20-6-10-23(38-3)13-24(20)26(33)35/h5-14,17H,15-16H2,1-4H3,(H2,32,33,37,38);5-13,15,17H,14,16H2,1-4H3,(H2,31,32,37,38);4-13,15,17H,14,16H2,1-3H3,(H2,30,31,36,37)/t2*30-;29-/m000/s1. The van der Waals surface area contributed by atoms with Gasteiger partial charge in [-0.3, -0.25) is 58.8 Å². The van der Waals surface area contributed by atoms with Crippen LogP contribution in [0.25, 0.3) is 66.1 Å². The molecule has 0 radical (unpaired) electrons. The number of carbonyl (C=O) groups excluding carboxylic acids is 9. The molecule has 9 aromatic carbocycles. The number of amides is 12. The van der Waals surface area contributed by atoms with Crippen LogP contribution in [-0.4, -0.2) is 139 Å². The summed E-state index contributed by atoms with van der Waals surface area (Å²) in [7, 11) is 4.65. The zero-order valence-electron chi connectivity index (χ0n) is 65.8. The number of aryl methyl sites for hydroxylation is 2. The van der Waals surface area contributed by atoms with Crippen LogP contribution in [0.5, 0.6) is 17.2 Å². The smallest absolute Gasteiger partial charge is 0.322 e. The molecule has 12 amide bonds. The summed E-state index contributed by atoms with van der Waals surface area (Å²) in [5, 5.41) is 32.5. The van der Waals surface area contributed by atoms with Gasteiger partial charge in [0, 0.05) is 83.0 Å². The molecule has 0 spiro atoms. The van der Waals surface area contributed by atoms with E-state index in [1.165, 1.54) is 0 Å². The van der Waals surface area contributed by atoms with E-state index in [0.29, 0.717) is 70.3 Å². The highest BCUT2D eigenvalue weighted by molar-refractivity contribution is 6.11. The Morgan fingerprint density at radius 1 is 0.388 bits per heavy atom. The summed E-state index contributed by atoms with van der Waals surface area (Å²) in [5.74, 6) is -0.319. The van der Waals surface area contributed by atoms with Gasteiger partial charge in [0.25, 0.3) is 35.4 Å². The molecule has 116 heavy (non-hydrogen) atoms. The Morgan fingerprint density at radius 3 is 1.13 bits per heavy atom. The number of nitrogens with zero attached hydrogens (tertiary/aromatic N) is 9. The van der Waals surface area contributed by atoms with Crippen molar-refractivity contribution in [2.24, 2.45) is 0 Å². The van der Waals surface area contributed by atoms with E-state index in [1.807, 2.05) is 136 Å². The molecule has 3 saturated heterocycles. The Morgan fingerprint density at radius 2 is 0.750 bits per heavy atom. The molecule has 12 aromatic rings. The zero-order valence-corrected chi connectivity index (χ0v) is 65.8. The molecule has 3 atom stereocenters. The molecule has 3 fully saturated rings. The second kappa shape index (κ2) is 29.5. The van der Waals surface area contributed by atoms with Crippen molar-refractivity contribution in [2.75, 3.05) is 41.0 Å². The molecular formula is C89H85N15O12. The Bertz CT molecular complexity index is 5920. The number of rotatable bonds is 18. The van der Waals surface area contributed by atoms with Gasteiger partial charge in [-0.2, -0.15) is 15.3 Å². The topological polar surface area (TPSA) is 317 Å². The van der Waals surface area contributed by atoms with Crippen molar-refractivity contribution in [3.63, 3.8) is 0 Å². The quantitative estimate of drug-likeness (QED) is 0.0435. The fourth-order valence-corrected chi connectivity index (χ4v) is 16.4. The van der Waals surface area contributed by atoms with E-state index in [1.54, 1.807) is 72.4 Å². The fourth-order valence-electron chi connectivity index (χ4n) is 16.4. The lowest BCUT2D eigenvalue weighted by Gasteiger charge is -2.31. The normalized spacial score (nSPS) is 18.6. The molecule has 3 aromatic heterocycles. The highest BCUT2D eigenvalue weighted by Gasteiger charge is 2.54. The molecular weight excluding hydrogens is 1470 g/mol. The summed E-state index contributed by atoms with van der Waals surface area (Å²) < 4.78 is 21.7. The van der Waals surface area contributed by atoms with E-state index in [4.69, 9.17) is 19.3 Å². The van der Waals surface area contributed by atoms with Crippen LogP contribution in [0.3, 0.4) is 0 Å². The minimum Gasteiger partial charge on any atom is -0.497 e. The molecule has 0 bridgehead atoms. The van der Waals surface area contributed by atoms with Gasteiger partial charge < -0.3 is 44.9 Å². The second-order valence-electron chi connectivity index (χ2n) is 31.0. The molecule has 6 N–H and O–H groups in total. The van der Waals surface area contributed by atoms with Crippen LogP contribution in [0.1, 0.15) is 135 Å². The Balaban J connectivity index is 0.000000131. The van der Waals surface area contributed by atoms with Gasteiger partial charge >= 0.3 is 18.1 Å². The van der Waals surface area contributed by atoms with Gasteiger partial charge in [-0.25, -0.2) is 14.4 Å². The van der Waals surface area contributed by atoms with Gasteiger partial charge in [-0.05, 0) is 206 Å². The number of urea groups is 3. The van der Waals surface area contributed by atoms with Crippen molar-refractivity contribution in [1.82, 2.24) is 75.9 Å². The van der Waals surface area contributed by atoms with E-state index >= 15 is 0 Å². The summed E-state index contributed by atoms with van der Waals surface area (Å²) >= 11 is 0. The van der Waals surface area contributed by atoms with Crippen molar-refractivity contribution in [3.8, 4) is 50.6 Å². The summed E-state index contributed by atoms with van der Waals surface area (Å²) in [4.78, 5) is 121. The van der Waals surface area contributed by atoms with E-state index in [0.717, 1.165) is 93.9 Å². The third kappa shape index (κ3) is 13.6. The molecule has 27 nitrogen and oxygen atoms in total. The third-order valence-corrected chi connectivity index (χ3v) is 22.6. The molecule has 9 heterocycles. The summed E-state index contributed by atoms with van der Waals surface area (Å²) in [6.45, 7) is 17.7. The maximum absolute atomic E-state index is 13.3. The monoisotopic (exact) mass is 1560 g/mol. The van der Waals surface area contributed by atoms with Crippen LogP contribution in [-0.2, 0) is 50.6 Å². The largest absolute Gasteiger partial charge is 0.497 e. The molecule has 6 aliphatic rings. The number of hydrogen-bond acceptors (Lipinski definition) is 15. The van der Waals surface area contributed by atoms with Crippen molar-refractivity contribution in [3.05, 3.63) is 250 Å². The minimum atomic E-state index is -1.41. The number of imide groups is 3. The SMILES string of the molecule is COc1ccc2c(c1)C(=O)N(C[C@@]1(c3ccc(-c4cc(C)c5c(cnn5C(C)C)c4)cc3)NC(=O)NC1=O)C2.COc1ccc2c(c1)C(=O)N(C[C@@]1(c3ccc(-c4cc(C)c5nn(C(C)C)cc5c4)cc3)NC(=O)NC1=O)C2.COc1ccc2c(c1)C(=O)N(C[C@@]1(c3ccc(-c4ccc5nn(C(C)C)cc5c4)cc3)NC(=O)NC1=O)C2. The van der Waals surface area contributed by atoms with E-state index in [2.05, 4.69) is 127 Å². The number of carbonyl (C=O) groups is 9. The van der Waals surface area contributed by atoms with Crippen LogP contribution >= 0.6 is 0 Å². The first kappa shape index (κ1) is 76.0. The number of ether oxygens (including phenoxy) is 3. The van der Waals surface area contributed by atoms with Crippen LogP contribution in [0.15, 0.2) is 188 Å². The molecule has 6 aliphatic heterocycles. The second-order valence-corrected chi connectivity index (χ2v) is 31.0. The molecule has 588 valence electrons. The van der Waals surface area contributed by atoms with Crippen LogP contribution in [0.2, 0.25) is 0 Å². The number of benzene rings is 9. The van der Waals surface area contributed by atoms with Gasteiger partial charge in [0.2, 0.25) is 0 Å². The number of aromatic nitrogens is 6. The predicted octanol–water partition coefficient (Wildman–Crippen LogP) is 12.6. The van der Waals surface area contributed by atoms with Crippen molar-refractivity contribution in [2.45, 2.75) is 110 Å². The summed E-state index contributed by atoms with van der Waals surface area (Å²) in [6, 6.07) is 52.3. The summed E-state index contributed by atoms with van der Waals surface area (Å²) in [6.07, 6.45) is 5.97. The number of methoxy groups -OCH3 is 3. The van der Waals surface area contributed by atoms with E-state index in [-0.39, 0.29) is 55.5 Å². The minimum absolute atomic E-state index is 0.0000942. The molecule has 18 rings (SSSR count). The first-order valence-corrected chi connectivity index (χ1v) is 38.2. The lowest BCUT2D eigenvalue weighted by Crippen LogP contribution is -2.52. The molecule has 27 heteroatoms. The van der Waals surface area contributed by atoms with Crippen LogP contribution < -0.4 is 46.1 Å². The number of nitrogens with one attached hydrogen (secondary N) is 6. The predicted molar refractivity (Wildman–Crippen MR) is 434 cm³/mol. The van der Waals surface area contributed by atoms with Crippen LogP contribution in [0, 0.1) is 13.8 Å². The lowest BCUT2D eigenvalue weighted by molar-refractivity contribution is -0.125. The Labute approximate surface area is 667 Å². The van der Waals surface area contributed by atoms with Gasteiger partial charge in [-0.15, -0.1) is 0 Å². The lowest BCUT2D eigenvalue weighted by atomic mass is 9.87. The number of hydrogen-bond donors (Lipinski definition) is 6. The first-order valence-electron chi connectivity index (χ1n) is 38.2. The highest BCUT2D eigenvalue weighted by Crippen LogP contribution is 2.40. The van der Waals surface area contributed by atoms with Gasteiger partial charge in [0.05, 0.1) is 63.7 Å². The maximum atomic E-state index is 13.3. The average Bonchev–Trinajstić information content (AvgIpc) is 1.59. The van der Waals surface area contributed by atoms with E-state index in [9.17, 15) is 43.2 Å². The fraction of sp³-hybridized carbons (Fsp3) is 0.258.